The van der Waals surface area contributed by atoms with Crippen molar-refractivity contribution in [3.63, 3.8) is 0 Å². The lowest BCUT2D eigenvalue weighted by Crippen LogP contribution is -2.21. The lowest BCUT2D eigenvalue weighted by atomic mass is 10.3. The molecule has 3 nitrogen and oxygen atoms in total. The van der Waals surface area contributed by atoms with Gasteiger partial charge in [-0.3, -0.25) is 4.79 Å². The van der Waals surface area contributed by atoms with Crippen LogP contribution >= 0.6 is 15.9 Å². The molecule has 0 fully saturated rings. The molecule has 0 heterocycles. The van der Waals surface area contributed by atoms with E-state index in [4.69, 9.17) is 4.74 Å². The SMILES string of the molecule is CN(C)C(=O)CCCOc1cc(Br)cc(F)c1F. The number of benzene rings is 1. The van der Waals surface area contributed by atoms with Crippen molar-refractivity contribution in [2.45, 2.75) is 12.8 Å². The molecule has 0 unspecified atom stereocenters. The first-order valence-electron chi connectivity index (χ1n) is 5.39. The Morgan fingerprint density at radius 3 is 2.67 bits per heavy atom. The van der Waals surface area contributed by atoms with E-state index in [1.807, 2.05) is 0 Å². The molecular weight excluding hydrogens is 308 g/mol. The van der Waals surface area contributed by atoms with Crippen LogP contribution in [0.15, 0.2) is 16.6 Å². The van der Waals surface area contributed by atoms with Crippen molar-refractivity contribution in [2.24, 2.45) is 0 Å². The Kier molecular flexibility index (Phi) is 5.53. The van der Waals surface area contributed by atoms with E-state index >= 15 is 0 Å². The molecule has 0 aromatic heterocycles. The summed E-state index contributed by atoms with van der Waals surface area (Å²) in [6.07, 6.45) is 0.760. The summed E-state index contributed by atoms with van der Waals surface area (Å²) in [5, 5.41) is 0. The monoisotopic (exact) mass is 321 g/mol. The molecule has 1 aromatic carbocycles. The summed E-state index contributed by atoms with van der Waals surface area (Å²) < 4.78 is 31.9. The Bertz CT molecular complexity index is 438. The van der Waals surface area contributed by atoms with E-state index in [1.54, 1.807) is 14.1 Å². The van der Waals surface area contributed by atoms with E-state index in [0.717, 1.165) is 6.07 Å². The number of ether oxygens (including phenoxy) is 1. The Balaban J connectivity index is 2.47. The van der Waals surface area contributed by atoms with Gasteiger partial charge in [0.05, 0.1) is 6.61 Å². The third-order valence-corrected chi connectivity index (χ3v) is 2.71. The first kappa shape index (κ1) is 14.9. The van der Waals surface area contributed by atoms with Crippen LogP contribution in [0.3, 0.4) is 0 Å². The van der Waals surface area contributed by atoms with Crippen LogP contribution in [0.25, 0.3) is 0 Å². The molecule has 0 saturated carbocycles. The number of hydrogen-bond donors (Lipinski definition) is 0. The minimum absolute atomic E-state index is 0.0282. The summed E-state index contributed by atoms with van der Waals surface area (Å²) in [4.78, 5) is 12.7. The molecule has 0 N–H and O–H groups in total. The highest BCUT2D eigenvalue weighted by Gasteiger charge is 2.11. The van der Waals surface area contributed by atoms with Gasteiger partial charge in [-0.15, -0.1) is 0 Å². The molecule has 18 heavy (non-hydrogen) atoms. The van der Waals surface area contributed by atoms with Gasteiger partial charge in [0, 0.05) is 25.0 Å². The standard InChI is InChI=1S/C12H14BrF2NO2/c1-16(2)11(17)4-3-5-18-10-7-8(13)6-9(14)12(10)15/h6-7H,3-5H2,1-2H3. The average molecular weight is 322 g/mol. The molecule has 6 heteroatoms. The van der Waals surface area contributed by atoms with Gasteiger partial charge in [0.25, 0.3) is 0 Å². The molecule has 0 atom stereocenters. The van der Waals surface area contributed by atoms with E-state index in [1.165, 1.54) is 11.0 Å². The van der Waals surface area contributed by atoms with Gasteiger partial charge in [-0.05, 0) is 18.6 Å². The fourth-order valence-electron chi connectivity index (χ4n) is 1.27. The van der Waals surface area contributed by atoms with E-state index in [2.05, 4.69) is 15.9 Å². The van der Waals surface area contributed by atoms with Crippen molar-refractivity contribution in [2.75, 3.05) is 20.7 Å². The van der Waals surface area contributed by atoms with Crippen LogP contribution in [0.1, 0.15) is 12.8 Å². The summed E-state index contributed by atoms with van der Waals surface area (Å²) in [6, 6.07) is 2.38. The van der Waals surface area contributed by atoms with Gasteiger partial charge in [-0.2, -0.15) is 4.39 Å². The normalized spacial score (nSPS) is 10.3. The van der Waals surface area contributed by atoms with Crippen LogP contribution < -0.4 is 4.74 Å². The minimum Gasteiger partial charge on any atom is -0.490 e. The number of hydrogen-bond acceptors (Lipinski definition) is 2. The van der Waals surface area contributed by atoms with Crippen molar-refractivity contribution in [1.29, 1.82) is 0 Å². The quantitative estimate of drug-likeness (QED) is 0.616. The Morgan fingerprint density at radius 1 is 1.39 bits per heavy atom. The minimum atomic E-state index is -1.02. The van der Waals surface area contributed by atoms with Crippen molar-refractivity contribution in [3.8, 4) is 5.75 Å². The molecule has 0 aliphatic rings. The number of nitrogens with zero attached hydrogens (tertiary/aromatic N) is 1. The van der Waals surface area contributed by atoms with Crippen LogP contribution in [0, 0.1) is 11.6 Å². The maximum absolute atomic E-state index is 13.3. The Labute approximate surface area is 113 Å². The Hall–Kier alpha value is -1.17. The van der Waals surface area contributed by atoms with Gasteiger partial charge in [-0.1, -0.05) is 15.9 Å². The highest BCUT2D eigenvalue weighted by molar-refractivity contribution is 9.10. The van der Waals surface area contributed by atoms with E-state index < -0.39 is 11.6 Å². The average Bonchev–Trinajstić information content (AvgIpc) is 2.29. The fourth-order valence-corrected chi connectivity index (χ4v) is 1.68. The molecule has 100 valence electrons. The van der Waals surface area contributed by atoms with Gasteiger partial charge >= 0.3 is 0 Å². The highest BCUT2D eigenvalue weighted by Crippen LogP contribution is 2.25. The van der Waals surface area contributed by atoms with Crippen molar-refractivity contribution < 1.29 is 18.3 Å². The number of halogens is 3. The van der Waals surface area contributed by atoms with E-state index in [9.17, 15) is 13.6 Å². The summed E-state index contributed by atoms with van der Waals surface area (Å²) >= 11 is 3.05. The maximum Gasteiger partial charge on any atom is 0.222 e. The molecule has 0 aliphatic heterocycles. The molecule has 0 radical (unpaired) electrons. The third kappa shape index (κ3) is 4.25. The van der Waals surface area contributed by atoms with Crippen LogP contribution in [0.2, 0.25) is 0 Å². The Morgan fingerprint density at radius 2 is 2.06 bits per heavy atom. The topological polar surface area (TPSA) is 29.5 Å². The molecular formula is C12H14BrF2NO2. The molecule has 0 bridgehead atoms. The highest BCUT2D eigenvalue weighted by atomic mass is 79.9. The summed E-state index contributed by atoms with van der Waals surface area (Å²) in [5.74, 6) is -2.17. The van der Waals surface area contributed by atoms with Crippen LogP contribution in [0.4, 0.5) is 8.78 Å². The van der Waals surface area contributed by atoms with Gasteiger partial charge in [0.2, 0.25) is 11.7 Å². The van der Waals surface area contributed by atoms with Gasteiger partial charge in [0.1, 0.15) is 0 Å². The largest absolute Gasteiger partial charge is 0.490 e. The smallest absolute Gasteiger partial charge is 0.222 e. The number of amides is 1. The predicted octanol–water partition coefficient (Wildman–Crippen LogP) is 2.97. The molecule has 0 aliphatic carbocycles. The lowest BCUT2D eigenvalue weighted by Gasteiger charge is -2.11. The zero-order valence-corrected chi connectivity index (χ0v) is 11.8. The summed E-state index contributed by atoms with van der Waals surface area (Å²) in [7, 11) is 3.32. The zero-order valence-electron chi connectivity index (χ0n) is 10.2. The van der Waals surface area contributed by atoms with E-state index in [-0.39, 0.29) is 18.3 Å². The molecule has 1 rings (SSSR count). The zero-order chi connectivity index (χ0) is 13.7. The second-order valence-corrected chi connectivity index (χ2v) is 4.86. The van der Waals surface area contributed by atoms with Crippen LogP contribution in [0.5, 0.6) is 5.75 Å². The lowest BCUT2D eigenvalue weighted by molar-refractivity contribution is -0.128. The first-order chi connectivity index (χ1) is 8.41. The second kappa shape index (κ2) is 6.68. The van der Waals surface area contributed by atoms with E-state index in [0.29, 0.717) is 17.3 Å². The second-order valence-electron chi connectivity index (χ2n) is 3.94. The molecule has 1 amide bonds. The predicted molar refractivity (Wildman–Crippen MR) is 67.5 cm³/mol. The number of carbonyl (C=O) groups excluding carboxylic acids is 1. The third-order valence-electron chi connectivity index (χ3n) is 2.25. The van der Waals surface area contributed by atoms with Gasteiger partial charge in [0.15, 0.2) is 11.6 Å². The molecule has 0 saturated heterocycles. The van der Waals surface area contributed by atoms with Crippen molar-refractivity contribution >= 4 is 21.8 Å². The summed E-state index contributed by atoms with van der Waals surface area (Å²) in [5.41, 5.74) is 0. The molecule has 1 aromatic rings. The fraction of sp³-hybridized carbons (Fsp3) is 0.417. The van der Waals surface area contributed by atoms with Crippen LogP contribution in [-0.4, -0.2) is 31.5 Å². The maximum atomic E-state index is 13.3. The number of rotatable bonds is 5. The number of carbonyl (C=O) groups is 1. The van der Waals surface area contributed by atoms with Crippen LogP contribution in [-0.2, 0) is 4.79 Å². The van der Waals surface area contributed by atoms with Gasteiger partial charge < -0.3 is 9.64 Å². The summed E-state index contributed by atoms with van der Waals surface area (Å²) in [6.45, 7) is 0.159. The molecule has 0 spiro atoms. The first-order valence-corrected chi connectivity index (χ1v) is 6.18. The van der Waals surface area contributed by atoms with Gasteiger partial charge in [-0.25, -0.2) is 4.39 Å². The van der Waals surface area contributed by atoms with Crippen molar-refractivity contribution in [3.05, 3.63) is 28.2 Å². The van der Waals surface area contributed by atoms with Crippen molar-refractivity contribution in [1.82, 2.24) is 4.90 Å².